The zero-order valence-electron chi connectivity index (χ0n) is 18.9. The molecule has 0 aliphatic carbocycles. The largest absolute Gasteiger partial charge is 0.495 e. The van der Waals surface area contributed by atoms with Gasteiger partial charge < -0.3 is 19.9 Å². The van der Waals surface area contributed by atoms with Crippen LogP contribution in [0.2, 0.25) is 0 Å². The third-order valence-electron chi connectivity index (χ3n) is 4.82. The first-order valence-corrected chi connectivity index (χ1v) is 11.4. The first-order chi connectivity index (χ1) is 15.9. The first kappa shape index (κ1) is 24.1. The fraction of sp³-hybridized carbons (Fsp3) is 0.250. The van der Waals surface area contributed by atoms with Gasteiger partial charge in [-0.1, -0.05) is 47.7 Å². The molecule has 1 unspecified atom stereocenters. The van der Waals surface area contributed by atoms with Crippen LogP contribution in [0.1, 0.15) is 34.7 Å². The minimum atomic E-state index is -0.386. The van der Waals surface area contributed by atoms with Crippen LogP contribution >= 0.6 is 11.8 Å². The number of ether oxygens (including phenoxy) is 1. The quantitative estimate of drug-likeness (QED) is 0.347. The molecule has 1 heterocycles. The number of para-hydroxylation sites is 2. The maximum atomic E-state index is 12.6. The molecule has 172 valence electrons. The van der Waals surface area contributed by atoms with E-state index in [0.717, 1.165) is 5.56 Å². The van der Waals surface area contributed by atoms with E-state index in [1.165, 1.54) is 11.8 Å². The van der Waals surface area contributed by atoms with Crippen LogP contribution < -0.4 is 15.4 Å². The van der Waals surface area contributed by atoms with Crippen molar-refractivity contribution in [1.82, 2.24) is 20.1 Å². The van der Waals surface area contributed by atoms with Gasteiger partial charge in [-0.15, -0.1) is 16.8 Å². The van der Waals surface area contributed by atoms with Gasteiger partial charge in [-0.2, -0.15) is 0 Å². The highest BCUT2D eigenvalue weighted by Crippen LogP contribution is 2.25. The monoisotopic (exact) mass is 465 g/mol. The molecule has 0 bridgehead atoms. The van der Waals surface area contributed by atoms with Crippen LogP contribution in [0.4, 0.5) is 5.69 Å². The summed E-state index contributed by atoms with van der Waals surface area (Å²) in [6.07, 6.45) is 1.72. The SMILES string of the molecule is C=CCn1c(SCC(=O)Nc2ccccc2OC)nnc1C(C)NC(=O)c1ccc(C)cc1. The molecule has 0 saturated carbocycles. The van der Waals surface area contributed by atoms with Gasteiger partial charge >= 0.3 is 0 Å². The van der Waals surface area contributed by atoms with Crippen molar-refractivity contribution in [3.63, 3.8) is 0 Å². The van der Waals surface area contributed by atoms with Gasteiger partial charge in [0, 0.05) is 12.1 Å². The number of methoxy groups -OCH3 is 1. The van der Waals surface area contributed by atoms with E-state index in [1.807, 2.05) is 42.7 Å². The van der Waals surface area contributed by atoms with E-state index in [2.05, 4.69) is 27.4 Å². The maximum absolute atomic E-state index is 12.6. The number of aryl methyl sites for hydroxylation is 1. The average Bonchev–Trinajstić information content (AvgIpc) is 3.21. The zero-order valence-corrected chi connectivity index (χ0v) is 19.7. The number of benzene rings is 2. The number of hydrogen-bond acceptors (Lipinski definition) is 6. The summed E-state index contributed by atoms with van der Waals surface area (Å²) in [5.41, 5.74) is 2.26. The summed E-state index contributed by atoms with van der Waals surface area (Å²) in [5, 5.41) is 14.9. The summed E-state index contributed by atoms with van der Waals surface area (Å²) in [6.45, 7) is 8.06. The van der Waals surface area contributed by atoms with Crippen molar-refractivity contribution in [2.24, 2.45) is 0 Å². The number of carbonyl (C=O) groups is 2. The predicted molar refractivity (Wildman–Crippen MR) is 130 cm³/mol. The van der Waals surface area contributed by atoms with Gasteiger partial charge in [0.05, 0.1) is 24.6 Å². The zero-order chi connectivity index (χ0) is 23.8. The molecule has 0 radical (unpaired) electrons. The summed E-state index contributed by atoms with van der Waals surface area (Å²) in [6, 6.07) is 14.2. The van der Waals surface area contributed by atoms with Crippen LogP contribution in [0.5, 0.6) is 5.75 Å². The van der Waals surface area contributed by atoms with Crippen LogP contribution in [0.15, 0.2) is 66.3 Å². The van der Waals surface area contributed by atoms with Crippen molar-refractivity contribution in [3.8, 4) is 5.75 Å². The molecule has 3 aromatic rings. The summed E-state index contributed by atoms with van der Waals surface area (Å²) in [4.78, 5) is 25.1. The highest BCUT2D eigenvalue weighted by atomic mass is 32.2. The van der Waals surface area contributed by atoms with Crippen LogP contribution in [0, 0.1) is 6.92 Å². The van der Waals surface area contributed by atoms with E-state index >= 15 is 0 Å². The molecule has 0 aliphatic heterocycles. The minimum Gasteiger partial charge on any atom is -0.495 e. The molecular weight excluding hydrogens is 438 g/mol. The fourth-order valence-electron chi connectivity index (χ4n) is 3.14. The molecule has 33 heavy (non-hydrogen) atoms. The minimum absolute atomic E-state index is 0.136. The number of rotatable bonds is 10. The number of amides is 2. The van der Waals surface area contributed by atoms with E-state index in [0.29, 0.717) is 34.5 Å². The Morgan fingerprint density at radius 2 is 1.91 bits per heavy atom. The van der Waals surface area contributed by atoms with Crippen molar-refractivity contribution in [1.29, 1.82) is 0 Å². The summed E-state index contributed by atoms with van der Waals surface area (Å²) in [5.74, 6) is 0.923. The Balaban J connectivity index is 1.67. The molecule has 9 heteroatoms. The number of nitrogens with one attached hydrogen (secondary N) is 2. The number of allylic oxidation sites excluding steroid dienone is 1. The van der Waals surface area contributed by atoms with Crippen LogP contribution in [-0.2, 0) is 11.3 Å². The molecule has 0 saturated heterocycles. The Morgan fingerprint density at radius 3 is 2.61 bits per heavy atom. The predicted octanol–water partition coefficient (Wildman–Crippen LogP) is 4.00. The second-order valence-corrected chi connectivity index (χ2v) is 8.28. The Labute approximate surface area is 197 Å². The van der Waals surface area contributed by atoms with E-state index in [4.69, 9.17) is 4.74 Å². The molecule has 3 rings (SSSR count). The highest BCUT2D eigenvalue weighted by Gasteiger charge is 2.20. The van der Waals surface area contributed by atoms with Gasteiger partial charge in [-0.3, -0.25) is 9.59 Å². The van der Waals surface area contributed by atoms with Crippen molar-refractivity contribution in [2.75, 3.05) is 18.2 Å². The highest BCUT2D eigenvalue weighted by molar-refractivity contribution is 7.99. The Morgan fingerprint density at radius 1 is 1.18 bits per heavy atom. The molecule has 2 aromatic carbocycles. The van der Waals surface area contributed by atoms with Gasteiger partial charge in [-0.05, 0) is 38.1 Å². The number of anilines is 1. The van der Waals surface area contributed by atoms with Crippen LogP contribution in [-0.4, -0.2) is 39.4 Å². The van der Waals surface area contributed by atoms with Crippen molar-refractivity contribution in [2.45, 2.75) is 31.6 Å². The molecular formula is C24H27N5O3S. The number of nitrogens with zero attached hydrogens (tertiary/aromatic N) is 3. The van der Waals surface area contributed by atoms with E-state index in [1.54, 1.807) is 37.5 Å². The van der Waals surface area contributed by atoms with Crippen molar-refractivity contribution < 1.29 is 14.3 Å². The Kier molecular flexibility index (Phi) is 8.26. The van der Waals surface area contributed by atoms with Gasteiger partial charge in [0.2, 0.25) is 5.91 Å². The third kappa shape index (κ3) is 6.23. The summed E-state index contributed by atoms with van der Waals surface area (Å²) >= 11 is 1.26. The van der Waals surface area contributed by atoms with E-state index in [9.17, 15) is 9.59 Å². The summed E-state index contributed by atoms with van der Waals surface area (Å²) in [7, 11) is 1.55. The standard InChI is InChI=1S/C24H27N5O3S/c1-5-14-29-22(17(3)25-23(31)18-12-10-16(2)11-13-18)27-28-24(29)33-15-21(30)26-19-8-6-7-9-20(19)32-4/h5-13,17H,1,14-15H2,2-4H3,(H,25,31)(H,26,30). The molecule has 0 aliphatic rings. The second-order valence-electron chi connectivity index (χ2n) is 7.34. The number of hydrogen-bond donors (Lipinski definition) is 2. The lowest BCUT2D eigenvalue weighted by molar-refractivity contribution is -0.113. The molecule has 1 atom stereocenters. The van der Waals surface area contributed by atoms with Gasteiger partial charge in [0.1, 0.15) is 5.75 Å². The normalized spacial score (nSPS) is 11.5. The van der Waals surface area contributed by atoms with Gasteiger partial charge in [0.25, 0.3) is 5.91 Å². The lowest BCUT2D eigenvalue weighted by atomic mass is 10.1. The molecule has 1 aromatic heterocycles. The first-order valence-electron chi connectivity index (χ1n) is 10.4. The average molecular weight is 466 g/mol. The van der Waals surface area contributed by atoms with Gasteiger partial charge in [-0.25, -0.2) is 0 Å². The maximum Gasteiger partial charge on any atom is 0.251 e. The van der Waals surface area contributed by atoms with Crippen LogP contribution in [0.25, 0.3) is 0 Å². The molecule has 2 amide bonds. The number of thioether (sulfide) groups is 1. The lowest BCUT2D eigenvalue weighted by Gasteiger charge is -2.15. The van der Waals surface area contributed by atoms with Crippen LogP contribution in [0.3, 0.4) is 0 Å². The third-order valence-corrected chi connectivity index (χ3v) is 5.79. The molecule has 2 N–H and O–H groups in total. The van der Waals surface area contributed by atoms with Crippen molar-refractivity contribution in [3.05, 3.63) is 78.1 Å². The number of aromatic nitrogens is 3. The second kappa shape index (κ2) is 11.3. The number of carbonyl (C=O) groups excluding carboxylic acids is 2. The molecule has 0 spiro atoms. The molecule has 0 fully saturated rings. The Hall–Kier alpha value is -3.59. The topological polar surface area (TPSA) is 98.1 Å². The Bertz CT molecular complexity index is 1130. The smallest absolute Gasteiger partial charge is 0.251 e. The van der Waals surface area contributed by atoms with E-state index in [-0.39, 0.29) is 23.6 Å². The van der Waals surface area contributed by atoms with Gasteiger partial charge in [0.15, 0.2) is 11.0 Å². The summed E-state index contributed by atoms with van der Waals surface area (Å²) < 4.78 is 7.11. The van der Waals surface area contributed by atoms with Crippen molar-refractivity contribution >= 4 is 29.3 Å². The fourth-order valence-corrected chi connectivity index (χ4v) is 3.90. The molecule has 8 nitrogen and oxygen atoms in total. The van der Waals surface area contributed by atoms with E-state index < -0.39 is 0 Å². The lowest BCUT2D eigenvalue weighted by Crippen LogP contribution is -2.28.